The van der Waals surface area contributed by atoms with E-state index in [1.807, 2.05) is 31.2 Å². The van der Waals surface area contributed by atoms with Gasteiger partial charge in [-0.15, -0.1) is 0 Å². The maximum Gasteiger partial charge on any atom is 0.269 e. The third kappa shape index (κ3) is 3.65. The standard InChI is InChI=1S/C18H18N4O3/c1-13-20-16-5-2-3-6-17(16)21(13)12-4-11-19-18(23)14-7-9-15(10-8-14)22(24)25/h2-3,5-10H,4,11-12H2,1H3,(H,19,23). The fraction of sp³-hybridized carbons (Fsp3) is 0.222. The van der Waals surface area contributed by atoms with E-state index < -0.39 is 4.92 Å². The SMILES string of the molecule is Cc1nc2ccccc2n1CCCNC(=O)c1ccc([N+](=O)[O-])cc1. The van der Waals surface area contributed by atoms with Gasteiger partial charge < -0.3 is 9.88 Å². The zero-order valence-corrected chi connectivity index (χ0v) is 13.8. The number of aryl methyl sites for hydroxylation is 2. The van der Waals surface area contributed by atoms with E-state index in [1.165, 1.54) is 24.3 Å². The molecule has 0 spiro atoms. The first-order chi connectivity index (χ1) is 12.1. The van der Waals surface area contributed by atoms with E-state index in [0.717, 1.165) is 29.8 Å². The second-order valence-electron chi connectivity index (χ2n) is 5.71. The van der Waals surface area contributed by atoms with E-state index >= 15 is 0 Å². The number of rotatable bonds is 6. The molecule has 3 aromatic rings. The predicted molar refractivity (Wildman–Crippen MR) is 94.5 cm³/mol. The van der Waals surface area contributed by atoms with Gasteiger partial charge in [-0.25, -0.2) is 4.98 Å². The Bertz CT molecular complexity index is 916. The number of carbonyl (C=O) groups excluding carboxylic acids is 1. The number of aromatic nitrogens is 2. The Morgan fingerprint density at radius 3 is 2.64 bits per heavy atom. The maximum atomic E-state index is 12.1. The first kappa shape index (κ1) is 16.6. The van der Waals surface area contributed by atoms with E-state index in [1.54, 1.807) is 0 Å². The van der Waals surface area contributed by atoms with Crippen molar-refractivity contribution < 1.29 is 9.72 Å². The molecule has 7 nitrogen and oxygen atoms in total. The number of fused-ring (bicyclic) bond motifs is 1. The van der Waals surface area contributed by atoms with Gasteiger partial charge in [0, 0.05) is 30.8 Å². The zero-order chi connectivity index (χ0) is 17.8. The summed E-state index contributed by atoms with van der Waals surface area (Å²) in [5, 5.41) is 13.5. The highest BCUT2D eigenvalue weighted by atomic mass is 16.6. The number of non-ortho nitro benzene ring substituents is 1. The van der Waals surface area contributed by atoms with Crippen LogP contribution < -0.4 is 5.32 Å². The Kier molecular flexibility index (Phi) is 4.74. The van der Waals surface area contributed by atoms with E-state index in [-0.39, 0.29) is 11.6 Å². The second kappa shape index (κ2) is 7.12. The summed E-state index contributed by atoms with van der Waals surface area (Å²) in [7, 11) is 0. The number of hydrogen-bond donors (Lipinski definition) is 1. The molecule has 0 bridgehead atoms. The molecule has 0 aliphatic heterocycles. The van der Waals surface area contributed by atoms with Crippen LogP contribution in [0.25, 0.3) is 11.0 Å². The average Bonchev–Trinajstić information content (AvgIpc) is 2.94. The van der Waals surface area contributed by atoms with Crippen molar-refractivity contribution in [1.29, 1.82) is 0 Å². The van der Waals surface area contributed by atoms with Crippen molar-refractivity contribution >= 4 is 22.6 Å². The van der Waals surface area contributed by atoms with E-state index in [9.17, 15) is 14.9 Å². The van der Waals surface area contributed by atoms with E-state index in [4.69, 9.17) is 0 Å². The minimum atomic E-state index is -0.487. The fourth-order valence-electron chi connectivity index (χ4n) is 2.75. The number of imidazole rings is 1. The summed E-state index contributed by atoms with van der Waals surface area (Å²) < 4.78 is 2.13. The van der Waals surface area contributed by atoms with Gasteiger partial charge >= 0.3 is 0 Å². The lowest BCUT2D eigenvalue weighted by molar-refractivity contribution is -0.384. The minimum Gasteiger partial charge on any atom is -0.352 e. The number of hydrogen-bond acceptors (Lipinski definition) is 4. The molecule has 1 N–H and O–H groups in total. The van der Waals surface area contributed by atoms with Gasteiger partial charge in [-0.3, -0.25) is 14.9 Å². The molecule has 3 rings (SSSR count). The van der Waals surface area contributed by atoms with Crippen LogP contribution >= 0.6 is 0 Å². The third-order valence-corrected chi connectivity index (χ3v) is 4.03. The molecule has 1 heterocycles. The monoisotopic (exact) mass is 338 g/mol. The summed E-state index contributed by atoms with van der Waals surface area (Å²) in [5.41, 5.74) is 2.44. The molecule has 128 valence electrons. The molecule has 0 aliphatic carbocycles. The van der Waals surface area contributed by atoms with Gasteiger partial charge in [0.2, 0.25) is 0 Å². The predicted octanol–water partition coefficient (Wildman–Crippen LogP) is 3.07. The number of nitrogens with zero attached hydrogens (tertiary/aromatic N) is 3. The third-order valence-electron chi connectivity index (χ3n) is 4.03. The number of carbonyl (C=O) groups is 1. The quantitative estimate of drug-likeness (QED) is 0.425. The van der Waals surface area contributed by atoms with Crippen molar-refractivity contribution in [3.63, 3.8) is 0 Å². The molecular formula is C18H18N4O3. The Labute approximate surface area is 144 Å². The van der Waals surface area contributed by atoms with E-state index in [0.29, 0.717) is 12.1 Å². The summed E-state index contributed by atoms with van der Waals surface area (Å²) >= 11 is 0. The molecule has 0 unspecified atom stereocenters. The van der Waals surface area contributed by atoms with Gasteiger partial charge in [0.1, 0.15) is 5.82 Å². The average molecular weight is 338 g/mol. The lowest BCUT2D eigenvalue weighted by Crippen LogP contribution is -2.25. The normalized spacial score (nSPS) is 10.8. The van der Waals surface area contributed by atoms with Crippen LogP contribution in [-0.4, -0.2) is 26.9 Å². The van der Waals surface area contributed by atoms with Crippen LogP contribution in [0.3, 0.4) is 0 Å². The number of nitro benzene ring substituents is 1. The largest absolute Gasteiger partial charge is 0.352 e. The van der Waals surface area contributed by atoms with Crippen molar-refractivity contribution in [3.8, 4) is 0 Å². The number of para-hydroxylation sites is 2. The maximum absolute atomic E-state index is 12.1. The van der Waals surface area contributed by atoms with Gasteiger partial charge in [-0.05, 0) is 37.6 Å². The molecule has 0 atom stereocenters. The van der Waals surface area contributed by atoms with Crippen molar-refractivity contribution in [2.45, 2.75) is 19.9 Å². The topological polar surface area (TPSA) is 90.1 Å². The molecular weight excluding hydrogens is 320 g/mol. The van der Waals surface area contributed by atoms with Crippen molar-refractivity contribution in [3.05, 3.63) is 70.0 Å². The minimum absolute atomic E-state index is 0.0287. The van der Waals surface area contributed by atoms with Gasteiger partial charge in [0.05, 0.1) is 16.0 Å². The van der Waals surface area contributed by atoms with Crippen molar-refractivity contribution in [2.75, 3.05) is 6.54 Å². The lowest BCUT2D eigenvalue weighted by atomic mass is 10.2. The van der Waals surface area contributed by atoms with Gasteiger partial charge in [0.15, 0.2) is 0 Å². The Balaban J connectivity index is 1.55. The van der Waals surface area contributed by atoms with Crippen LogP contribution in [0.1, 0.15) is 22.6 Å². The van der Waals surface area contributed by atoms with Gasteiger partial charge in [-0.2, -0.15) is 0 Å². The van der Waals surface area contributed by atoms with Crippen molar-refractivity contribution in [1.82, 2.24) is 14.9 Å². The van der Waals surface area contributed by atoms with Crippen LogP contribution in [-0.2, 0) is 6.54 Å². The Morgan fingerprint density at radius 1 is 1.20 bits per heavy atom. The van der Waals surface area contributed by atoms with Crippen LogP contribution in [0.5, 0.6) is 0 Å². The molecule has 1 aromatic heterocycles. The number of amides is 1. The molecule has 0 aliphatic rings. The number of benzene rings is 2. The summed E-state index contributed by atoms with van der Waals surface area (Å²) in [4.78, 5) is 26.7. The zero-order valence-electron chi connectivity index (χ0n) is 13.8. The van der Waals surface area contributed by atoms with Crippen LogP contribution in [0.2, 0.25) is 0 Å². The molecule has 0 saturated heterocycles. The highest BCUT2D eigenvalue weighted by Crippen LogP contribution is 2.15. The summed E-state index contributed by atoms with van der Waals surface area (Å²) in [5.74, 6) is 0.713. The smallest absolute Gasteiger partial charge is 0.269 e. The summed E-state index contributed by atoms with van der Waals surface area (Å²) in [6.45, 7) is 3.24. The van der Waals surface area contributed by atoms with Crippen molar-refractivity contribution in [2.24, 2.45) is 0 Å². The Hall–Kier alpha value is -3.22. The first-order valence-corrected chi connectivity index (χ1v) is 8.01. The molecule has 7 heteroatoms. The first-order valence-electron chi connectivity index (χ1n) is 8.01. The van der Waals surface area contributed by atoms with Crippen LogP contribution in [0.4, 0.5) is 5.69 Å². The lowest BCUT2D eigenvalue weighted by Gasteiger charge is -2.08. The van der Waals surface area contributed by atoms with Crippen LogP contribution in [0.15, 0.2) is 48.5 Å². The molecule has 25 heavy (non-hydrogen) atoms. The van der Waals surface area contributed by atoms with Gasteiger partial charge in [0.25, 0.3) is 11.6 Å². The molecule has 2 aromatic carbocycles. The highest BCUT2D eigenvalue weighted by molar-refractivity contribution is 5.94. The number of nitrogens with one attached hydrogen (secondary N) is 1. The Morgan fingerprint density at radius 2 is 1.92 bits per heavy atom. The summed E-state index contributed by atoms with van der Waals surface area (Å²) in [6.07, 6.45) is 0.764. The molecule has 0 fully saturated rings. The second-order valence-corrected chi connectivity index (χ2v) is 5.71. The highest BCUT2D eigenvalue weighted by Gasteiger charge is 2.10. The molecule has 0 radical (unpaired) electrons. The van der Waals surface area contributed by atoms with Crippen LogP contribution in [0, 0.1) is 17.0 Å². The van der Waals surface area contributed by atoms with Gasteiger partial charge in [-0.1, -0.05) is 12.1 Å². The fourth-order valence-corrected chi connectivity index (χ4v) is 2.75. The van der Waals surface area contributed by atoms with E-state index in [2.05, 4.69) is 14.9 Å². The molecule has 1 amide bonds. The number of nitro groups is 1. The molecule has 0 saturated carbocycles. The summed E-state index contributed by atoms with van der Waals surface area (Å²) in [6, 6.07) is 13.5.